The average Bonchev–Trinajstić information content (AvgIpc) is 2.50. The summed E-state index contributed by atoms with van der Waals surface area (Å²) in [5, 5.41) is 0. The SMILES string of the molecule is Fc1cnccc1-c1ccc(Oc2cccnc2)cc1. The number of rotatable bonds is 3. The molecular formula is C16H11FN2O. The van der Waals surface area contributed by atoms with Crippen molar-refractivity contribution in [1.29, 1.82) is 0 Å². The first-order valence-corrected chi connectivity index (χ1v) is 6.11. The summed E-state index contributed by atoms with van der Waals surface area (Å²) in [6, 6.07) is 12.5. The molecule has 0 atom stereocenters. The van der Waals surface area contributed by atoms with Gasteiger partial charge < -0.3 is 4.74 Å². The van der Waals surface area contributed by atoms with Gasteiger partial charge in [-0.2, -0.15) is 0 Å². The summed E-state index contributed by atoms with van der Waals surface area (Å²) in [6.45, 7) is 0. The lowest BCUT2D eigenvalue weighted by atomic mass is 10.1. The van der Waals surface area contributed by atoms with Crippen LogP contribution in [0.3, 0.4) is 0 Å². The van der Waals surface area contributed by atoms with E-state index in [-0.39, 0.29) is 5.82 Å². The molecular weight excluding hydrogens is 255 g/mol. The molecule has 0 spiro atoms. The molecule has 2 aromatic heterocycles. The van der Waals surface area contributed by atoms with Gasteiger partial charge in [-0.15, -0.1) is 0 Å². The Kier molecular flexibility index (Phi) is 3.37. The minimum absolute atomic E-state index is 0.339. The first-order valence-electron chi connectivity index (χ1n) is 6.11. The predicted octanol–water partition coefficient (Wildman–Crippen LogP) is 4.08. The molecule has 0 unspecified atom stereocenters. The molecule has 0 aliphatic carbocycles. The van der Waals surface area contributed by atoms with Crippen molar-refractivity contribution in [2.45, 2.75) is 0 Å². The molecule has 0 bridgehead atoms. The van der Waals surface area contributed by atoms with Gasteiger partial charge in [-0.3, -0.25) is 9.97 Å². The average molecular weight is 266 g/mol. The zero-order chi connectivity index (χ0) is 13.8. The fourth-order valence-corrected chi connectivity index (χ4v) is 1.86. The van der Waals surface area contributed by atoms with Crippen LogP contribution in [-0.2, 0) is 0 Å². The van der Waals surface area contributed by atoms with Gasteiger partial charge in [-0.05, 0) is 35.9 Å². The van der Waals surface area contributed by atoms with E-state index in [1.54, 1.807) is 42.9 Å². The van der Waals surface area contributed by atoms with Crippen LogP contribution < -0.4 is 4.74 Å². The first-order chi connectivity index (χ1) is 9.83. The highest BCUT2D eigenvalue weighted by Gasteiger charge is 2.05. The molecule has 0 radical (unpaired) electrons. The van der Waals surface area contributed by atoms with Gasteiger partial charge in [-0.1, -0.05) is 12.1 Å². The number of pyridine rings is 2. The van der Waals surface area contributed by atoms with Crippen LogP contribution in [0.25, 0.3) is 11.1 Å². The third-order valence-corrected chi connectivity index (χ3v) is 2.81. The Morgan fingerprint density at radius 1 is 0.800 bits per heavy atom. The molecule has 0 fully saturated rings. The lowest BCUT2D eigenvalue weighted by molar-refractivity contribution is 0.480. The third-order valence-electron chi connectivity index (χ3n) is 2.81. The standard InChI is InChI=1S/C16H11FN2O/c17-16-11-19-9-7-15(16)12-3-5-13(6-4-12)20-14-2-1-8-18-10-14/h1-11H. The summed E-state index contributed by atoms with van der Waals surface area (Å²) in [7, 11) is 0. The lowest BCUT2D eigenvalue weighted by Gasteiger charge is -2.07. The quantitative estimate of drug-likeness (QED) is 0.716. The molecule has 3 nitrogen and oxygen atoms in total. The number of nitrogens with zero attached hydrogens (tertiary/aromatic N) is 2. The Morgan fingerprint density at radius 2 is 1.60 bits per heavy atom. The van der Waals surface area contributed by atoms with E-state index in [4.69, 9.17) is 4.74 Å². The monoisotopic (exact) mass is 266 g/mol. The lowest BCUT2D eigenvalue weighted by Crippen LogP contribution is -1.87. The maximum absolute atomic E-state index is 13.6. The highest BCUT2D eigenvalue weighted by Crippen LogP contribution is 2.26. The Balaban J connectivity index is 1.83. The molecule has 0 saturated carbocycles. The van der Waals surface area contributed by atoms with Crippen LogP contribution >= 0.6 is 0 Å². The topological polar surface area (TPSA) is 35.0 Å². The number of hydrogen-bond donors (Lipinski definition) is 0. The van der Waals surface area contributed by atoms with Gasteiger partial charge in [0, 0.05) is 18.0 Å². The number of ether oxygens (including phenoxy) is 1. The van der Waals surface area contributed by atoms with Gasteiger partial charge in [0.2, 0.25) is 0 Å². The fraction of sp³-hybridized carbons (Fsp3) is 0. The molecule has 1 aromatic carbocycles. The van der Waals surface area contributed by atoms with Gasteiger partial charge >= 0.3 is 0 Å². The zero-order valence-corrected chi connectivity index (χ0v) is 10.5. The van der Waals surface area contributed by atoms with Crippen LogP contribution in [0.5, 0.6) is 11.5 Å². The summed E-state index contributed by atoms with van der Waals surface area (Å²) in [4.78, 5) is 7.71. The van der Waals surface area contributed by atoms with E-state index < -0.39 is 0 Å². The van der Waals surface area contributed by atoms with E-state index in [1.165, 1.54) is 6.20 Å². The van der Waals surface area contributed by atoms with E-state index in [1.807, 2.05) is 18.2 Å². The molecule has 3 aromatic rings. The largest absolute Gasteiger partial charge is 0.456 e. The normalized spacial score (nSPS) is 10.2. The van der Waals surface area contributed by atoms with Crippen LogP contribution in [-0.4, -0.2) is 9.97 Å². The first kappa shape index (κ1) is 12.3. The summed E-state index contributed by atoms with van der Waals surface area (Å²) in [5.74, 6) is 1.000. The van der Waals surface area contributed by atoms with Gasteiger partial charge in [0.1, 0.15) is 17.3 Å². The smallest absolute Gasteiger partial charge is 0.149 e. The summed E-state index contributed by atoms with van der Waals surface area (Å²) < 4.78 is 19.3. The summed E-state index contributed by atoms with van der Waals surface area (Å²) in [5.41, 5.74) is 1.30. The van der Waals surface area contributed by atoms with Gasteiger partial charge in [-0.25, -0.2) is 4.39 Å². The molecule has 98 valence electrons. The van der Waals surface area contributed by atoms with Crippen LogP contribution in [0, 0.1) is 5.82 Å². The van der Waals surface area contributed by atoms with Crippen LogP contribution in [0.2, 0.25) is 0 Å². The molecule has 0 N–H and O–H groups in total. The second-order valence-electron chi connectivity index (χ2n) is 4.17. The van der Waals surface area contributed by atoms with Crippen molar-refractivity contribution in [1.82, 2.24) is 9.97 Å². The number of hydrogen-bond acceptors (Lipinski definition) is 3. The summed E-state index contributed by atoms with van der Waals surface area (Å²) >= 11 is 0. The Morgan fingerprint density at radius 3 is 2.30 bits per heavy atom. The van der Waals surface area contributed by atoms with Crippen LogP contribution in [0.15, 0.2) is 67.3 Å². The van der Waals surface area contributed by atoms with Crippen molar-refractivity contribution >= 4 is 0 Å². The maximum Gasteiger partial charge on any atom is 0.149 e. The van der Waals surface area contributed by atoms with Crippen molar-refractivity contribution < 1.29 is 9.13 Å². The molecule has 0 amide bonds. The van der Waals surface area contributed by atoms with Gasteiger partial charge in [0.25, 0.3) is 0 Å². The minimum atomic E-state index is -0.339. The van der Waals surface area contributed by atoms with Gasteiger partial charge in [0.05, 0.1) is 12.4 Å². The Labute approximate surface area is 115 Å². The molecule has 0 aliphatic rings. The zero-order valence-electron chi connectivity index (χ0n) is 10.5. The van der Waals surface area contributed by atoms with Crippen molar-refractivity contribution in [3.8, 4) is 22.6 Å². The van der Waals surface area contributed by atoms with E-state index in [2.05, 4.69) is 9.97 Å². The van der Waals surface area contributed by atoms with Crippen LogP contribution in [0.1, 0.15) is 0 Å². The Hall–Kier alpha value is -2.75. The third kappa shape index (κ3) is 2.64. The van der Waals surface area contributed by atoms with Crippen molar-refractivity contribution in [2.24, 2.45) is 0 Å². The number of halogens is 1. The van der Waals surface area contributed by atoms with Crippen molar-refractivity contribution in [3.05, 3.63) is 73.1 Å². The predicted molar refractivity (Wildman–Crippen MR) is 73.9 cm³/mol. The maximum atomic E-state index is 13.6. The second-order valence-corrected chi connectivity index (χ2v) is 4.17. The molecule has 0 saturated heterocycles. The van der Waals surface area contributed by atoms with Crippen molar-refractivity contribution in [3.63, 3.8) is 0 Å². The molecule has 0 aliphatic heterocycles. The van der Waals surface area contributed by atoms with Crippen molar-refractivity contribution in [2.75, 3.05) is 0 Å². The van der Waals surface area contributed by atoms with E-state index in [9.17, 15) is 4.39 Å². The molecule has 2 heterocycles. The molecule has 20 heavy (non-hydrogen) atoms. The van der Waals surface area contributed by atoms with Gasteiger partial charge in [0.15, 0.2) is 0 Å². The number of aromatic nitrogens is 2. The number of benzene rings is 1. The molecule has 4 heteroatoms. The van der Waals surface area contributed by atoms with E-state index >= 15 is 0 Å². The van der Waals surface area contributed by atoms with E-state index in [0.29, 0.717) is 17.1 Å². The van der Waals surface area contributed by atoms with Crippen LogP contribution in [0.4, 0.5) is 4.39 Å². The highest BCUT2D eigenvalue weighted by molar-refractivity contribution is 5.64. The van der Waals surface area contributed by atoms with E-state index in [0.717, 1.165) is 5.56 Å². The highest BCUT2D eigenvalue weighted by atomic mass is 19.1. The minimum Gasteiger partial charge on any atom is -0.456 e. The second kappa shape index (κ2) is 5.48. The fourth-order valence-electron chi connectivity index (χ4n) is 1.86. The Bertz CT molecular complexity index is 699. The molecule has 3 rings (SSSR count). The summed E-state index contributed by atoms with van der Waals surface area (Å²) in [6.07, 6.45) is 6.09.